The monoisotopic (exact) mass is 290 g/mol. The lowest BCUT2D eigenvalue weighted by molar-refractivity contribution is 0.0766. The molecule has 0 spiro atoms. The Morgan fingerprint density at radius 1 is 1.50 bits per heavy atom. The zero-order valence-electron chi connectivity index (χ0n) is 11.0. The van der Waals surface area contributed by atoms with E-state index in [2.05, 4.69) is 15.0 Å². The van der Waals surface area contributed by atoms with Gasteiger partial charge in [-0.15, -0.1) is 11.3 Å². The van der Waals surface area contributed by atoms with Crippen molar-refractivity contribution in [1.82, 2.24) is 19.9 Å². The van der Waals surface area contributed by atoms with Crippen molar-refractivity contribution >= 4 is 17.2 Å². The van der Waals surface area contributed by atoms with E-state index in [1.807, 2.05) is 6.92 Å². The van der Waals surface area contributed by atoms with E-state index in [1.165, 1.54) is 11.3 Å². The van der Waals surface area contributed by atoms with Gasteiger partial charge < -0.3 is 9.64 Å². The second-order valence-electron chi connectivity index (χ2n) is 4.58. The Balaban J connectivity index is 1.61. The van der Waals surface area contributed by atoms with Gasteiger partial charge in [-0.05, 0) is 6.92 Å². The van der Waals surface area contributed by atoms with E-state index in [-0.39, 0.29) is 12.0 Å². The van der Waals surface area contributed by atoms with Gasteiger partial charge in [0.05, 0.1) is 17.7 Å². The van der Waals surface area contributed by atoms with Gasteiger partial charge in [-0.1, -0.05) is 0 Å². The molecule has 7 heteroatoms. The molecule has 0 aromatic carbocycles. The molecule has 1 unspecified atom stereocenters. The number of rotatable bonds is 3. The van der Waals surface area contributed by atoms with Crippen molar-refractivity contribution in [3.8, 4) is 5.88 Å². The first kappa shape index (κ1) is 13.0. The number of carbonyl (C=O) groups excluding carboxylic acids is 1. The van der Waals surface area contributed by atoms with Crippen LogP contribution in [0.25, 0.3) is 0 Å². The third-order valence-electron chi connectivity index (χ3n) is 3.10. The van der Waals surface area contributed by atoms with E-state index in [4.69, 9.17) is 4.74 Å². The lowest BCUT2D eigenvalue weighted by Gasteiger charge is -2.15. The minimum Gasteiger partial charge on any atom is -0.471 e. The number of hydrogen-bond acceptors (Lipinski definition) is 6. The summed E-state index contributed by atoms with van der Waals surface area (Å²) in [5.41, 5.74) is 0.521. The molecule has 1 amide bonds. The first-order chi connectivity index (χ1) is 9.72. The predicted molar refractivity (Wildman–Crippen MR) is 73.8 cm³/mol. The molecule has 3 rings (SSSR count). The zero-order valence-corrected chi connectivity index (χ0v) is 11.8. The number of aromatic nitrogens is 3. The summed E-state index contributed by atoms with van der Waals surface area (Å²) in [7, 11) is 0. The molecule has 6 nitrogen and oxygen atoms in total. The summed E-state index contributed by atoms with van der Waals surface area (Å²) in [5, 5.41) is 2.70. The van der Waals surface area contributed by atoms with Crippen molar-refractivity contribution in [2.45, 2.75) is 19.4 Å². The molecule has 2 aromatic rings. The van der Waals surface area contributed by atoms with Crippen molar-refractivity contribution in [3.05, 3.63) is 34.7 Å². The highest BCUT2D eigenvalue weighted by Crippen LogP contribution is 2.18. The molecule has 1 atom stereocenters. The molecule has 0 bridgehead atoms. The second-order valence-corrected chi connectivity index (χ2v) is 5.64. The average Bonchev–Trinajstić information content (AvgIpc) is 3.08. The molecular weight excluding hydrogens is 276 g/mol. The van der Waals surface area contributed by atoms with E-state index in [0.29, 0.717) is 24.7 Å². The molecule has 2 aromatic heterocycles. The van der Waals surface area contributed by atoms with Crippen LogP contribution in [-0.2, 0) is 0 Å². The normalized spacial score (nSPS) is 18.2. The summed E-state index contributed by atoms with van der Waals surface area (Å²) in [6.45, 7) is 3.14. The number of nitrogens with zero attached hydrogens (tertiary/aromatic N) is 4. The van der Waals surface area contributed by atoms with Gasteiger partial charge in [0.15, 0.2) is 0 Å². The van der Waals surface area contributed by atoms with Crippen LogP contribution in [0.15, 0.2) is 24.0 Å². The van der Waals surface area contributed by atoms with Crippen LogP contribution in [0.5, 0.6) is 5.88 Å². The van der Waals surface area contributed by atoms with E-state index >= 15 is 0 Å². The summed E-state index contributed by atoms with van der Waals surface area (Å²) in [5.74, 6) is 0.468. The molecule has 0 radical (unpaired) electrons. The van der Waals surface area contributed by atoms with E-state index in [0.717, 1.165) is 11.4 Å². The van der Waals surface area contributed by atoms with Crippen molar-refractivity contribution in [2.75, 3.05) is 13.1 Å². The van der Waals surface area contributed by atoms with Gasteiger partial charge in [0.25, 0.3) is 5.91 Å². The van der Waals surface area contributed by atoms with Gasteiger partial charge in [0.1, 0.15) is 11.8 Å². The van der Waals surface area contributed by atoms with Crippen LogP contribution < -0.4 is 4.74 Å². The smallest absolute Gasteiger partial charge is 0.273 e. The zero-order chi connectivity index (χ0) is 13.9. The van der Waals surface area contributed by atoms with Crippen LogP contribution in [-0.4, -0.2) is 45.0 Å². The van der Waals surface area contributed by atoms with E-state index in [1.54, 1.807) is 28.9 Å². The summed E-state index contributed by atoms with van der Waals surface area (Å²) in [6, 6.07) is 0. The van der Waals surface area contributed by atoms with Gasteiger partial charge in [-0.3, -0.25) is 9.78 Å². The number of thiazole rings is 1. The Bertz CT molecular complexity index is 601. The molecule has 1 saturated heterocycles. The number of aryl methyl sites for hydroxylation is 1. The maximum Gasteiger partial charge on any atom is 0.273 e. The standard InChI is InChI=1S/C13H14N4O2S/c1-9-16-11(8-20-9)13(18)17-5-2-10(7-17)19-12-6-14-3-4-15-12/h3-4,6,8,10H,2,5,7H2,1H3. The molecule has 104 valence electrons. The first-order valence-corrected chi connectivity index (χ1v) is 7.24. The predicted octanol–water partition coefficient (Wildman–Crippen LogP) is 1.54. The van der Waals surface area contributed by atoms with Crippen LogP contribution in [0.2, 0.25) is 0 Å². The lowest BCUT2D eigenvalue weighted by atomic mass is 10.3. The second kappa shape index (κ2) is 5.54. The first-order valence-electron chi connectivity index (χ1n) is 6.36. The summed E-state index contributed by atoms with van der Waals surface area (Å²) in [6.07, 6.45) is 5.53. The largest absolute Gasteiger partial charge is 0.471 e. The van der Waals surface area contributed by atoms with Crippen LogP contribution >= 0.6 is 11.3 Å². The summed E-state index contributed by atoms with van der Waals surface area (Å²) >= 11 is 1.49. The van der Waals surface area contributed by atoms with Crippen molar-refractivity contribution in [2.24, 2.45) is 0 Å². The summed E-state index contributed by atoms with van der Waals surface area (Å²) < 4.78 is 5.71. The molecule has 3 heterocycles. The topological polar surface area (TPSA) is 68.2 Å². The van der Waals surface area contributed by atoms with Crippen molar-refractivity contribution in [1.29, 1.82) is 0 Å². The van der Waals surface area contributed by atoms with E-state index < -0.39 is 0 Å². The van der Waals surface area contributed by atoms with Gasteiger partial charge in [-0.25, -0.2) is 9.97 Å². The quantitative estimate of drug-likeness (QED) is 0.857. The Morgan fingerprint density at radius 3 is 3.10 bits per heavy atom. The number of likely N-dealkylation sites (tertiary alicyclic amines) is 1. The Morgan fingerprint density at radius 2 is 2.40 bits per heavy atom. The molecule has 1 fully saturated rings. The minimum atomic E-state index is -0.0321. The van der Waals surface area contributed by atoms with Gasteiger partial charge >= 0.3 is 0 Å². The molecule has 0 saturated carbocycles. The molecule has 0 aliphatic carbocycles. The fraction of sp³-hybridized carbons (Fsp3) is 0.385. The molecule has 1 aliphatic heterocycles. The van der Waals surface area contributed by atoms with E-state index in [9.17, 15) is 4.79 Å². The molecule has 1 aliphatic rings. The van der Waals surface area contributed by atoms with Gasteiger partial charge in [0.2, 0.25) is 5.88 Å². The highest BCUT2D eigenvalue weighted by Gasteiger charge is 2.29. The van der Waals surface area contributed by atoms with Gasteiger partial charge in [-0.2, -0.15) is 0 Å². The van der Waals surface area contributed by atoms with Crippen LogP contribution in [0.4, 0.5) is 0 Å². The number of hydrogen-bond donors (Lipinski definition) is 0. The van der Waals surface area contributed by atoms with Crippen molar-refractivity contribution in [3.63, 3.8) is 0 Å². The van der Waals surface area contributed by atoms with Gasteiger partial charge in [0, 0.05) is 30.7 Å². The number of carbonyl (C=O) groups is 1. The minimum absolute atomic E-state index is 0.0282. The summed E-state index contributed by atoms with van der Waals surface area (Å²) in [4.78, 5) is 26.3. The molecule has 20 heavy (non-hydrogen) atoms. The SMILES string of the molecule is Cc1nc(C(=O)N2CCC(Oc3cnccn3)C2)cs1. The number of ether oxygens (including phenoxy) is 1. The average molecular weight is 290 g/mol. The van der Waals surface area contributed by atoms with Crippen LogP contribution in [0, 0.1) is 6.92 Å². The fourth-order valence-corrected chi connectivity index (χ4v) is 2.74. The van der Waals surface area contributed by atoms with Crippen LogP contribution in [0.3, 0.4) is 0 Å². The number of amides is 1. The Hall–Kier alpha value is -2.02. The maximum atomic E-state index is 12.2. The van der Waals surface area contributed by atoms with Crippen LogP contribution in [0.1, 0.15) is 21.9 Å². The highest BCUT2D eigenvalue weighted by molar-refractivity contribution is 7.09. The fourth-order valence-electron chi connectivity index (χ4n) is 2.15. The maximum absolute atomic E-state index is 12.2. The Labute approximate surface area is 120 Å². The third-order valence-corrected chi connectivity index (χ3v) is 3.87. The molecule has 0 N–H and O–H groups in total. The Kier molecular flexibility index (Phi) is 3.60. The highest BCUT2D eigenvalue weighted by atomic mass is 32.1. The lowest BCUT2D eigenvalue weighted by Crippen LogP contribution is -2.31. The third kappa shape index (κ3) is 2.77. The molecular formula is C13H14N4O2S. The van der Waals surface area contributed by atoms with Crippen molar-refractivity contribution < 1.29 is 9.53 Å².